The summed E-state index contributed by atoms with van der Waals surface area (Å²) < 4.78 is 13.9. The summed E-state index contributed by atoms with van der Waals surface area (Å²) in [4.78, 5) is 51.8. The number of thiazole rings is 1. The minimum atomic E-state index is -0.688. The maximum absolute atomic E-state index is 13.8. The monoisotopic (exact) mass is 658 g/mol. The third-order valence-corrected chi connectivity index (χ3v) is 9.39. The fourth-order valence-electron chi connectivity index (χ4n) is 4.22. The van der Waals surface area contributed by atoms with E-state index < -0.39 is 12.0 Å². The molecule has 1 aliphatic heterocycles. The van der Waals surface area contributed by atoms with E-state index in [2.05, 4.69) is 30.9 Å². The molecule has 0 bridgehead atoms. The van der Waals surface area contributed by atoms with E-state index in [9.17, 15) is 14.4 Å². The van der Waals surface area contributed by atoms with Crippen LogP contribution >= 0.6 is 50.8 Å². The lowest BCUT2D eigenvalue weighted by molar-refractivity contribution is -0.139. The molecule has 206 valence electrons. The number of furan rings is 1. The second kappa shape index (κ2) is 11.8. The molecule has 0 radical (unpaired) electrons. The van der Waals surface area contributed by atoms with Crippen molar-refractivity contribution in [2.45, 2.75) is 42.0 Å². The summed E-state index contributed by atoms with van der Waals surface area (Å²) in [6, 6.07) is 10.2. The summed E-state index contributed by atoms with van der Waals surface area (Å²) in [6.45, 7) is 5.44. The van der Waals surface area contributed by atoms with Gasteiger partial charge in [0, 0.05) is 22.7 Å². The van der Waals surface area contributed by atoms with Gasteiger partial charge < -0.3 is 14.1 Å². The number of halogens is 1. The molecule has 0 unspecified atom stereocenters. The number of aryl methyl sites for hydroxylation is 1. The number of carbonyl (C=O) groups excluding carboxylic acids is 1. The largest absolute Gasteiger partial charge is 0.463 e. The third-order valence-electron chi connectivity index (χ3n) is 5.93. The number of hydrogen-bond donors (Lipinski definition) is 1. The van der Waals surface area contributed by atoms with Crippen LogP contribution in [0, 0.1) is 6.92 Å². The number of ether oxygens (including phenoxy) is 1. The van der Waals surface area contributed by atoms with Gasteiger partial charge in [-0.15, -0.1) is 11.8 Å². The fraction of sp³-hybridized carbons (Fsp3) is 0.222. The summed E-state index contributed by atoms with van der Waals surface area (Å²) in [5.74, 6) is -0.0757. The Bertz CT molecular complexity index is 1890. The molecule has 0 aliphatic carbocycles. The van der Waals surface area contributed by atoms with Crippen LogP contribution in [0.15, 0.2) is 86.3 Å². The molecule has 3 aromatic heterocycles. The van der Waals surface area contributed by atoms with Crippen molar-refractivity contribution in [3.8, 4) is 0 Å². The summed E-state index contributed by atoms with van der Waals surface area (Å²) >= 11 is 7.46. The molecule has 0 saturated carbocycles. The number of nitrogens with zero attached hydrogens (tertiary/aromatic N) is 3. The summed E-state index contributed by atoms with van der Waals surface area (Å²) in [5, 5.41) is 0.861. The zero-order chi connectivity index (χ0) is 28.6. The van der Waals surface area contributed by atoms with E-state index in [1.807, 2.05) is 30.5 Å². The average molecular weight is 660 g/mol. The molecule has 9 nitrogen and oxygen atoms in total. The number of nitrogens with one attached hydrogen (secondary N) is 1. The van der Waals surface area contributed by atoms with Crippen LogP contribution in [-0.2, 0) is 9.53 Å². The van der Waals surface area contributed by atoms with E-state index >= 15 is 0 Å². The number of aromatic amines is 1. The Balaban J connectivity index is 1.59. The summed E-state index contributed by atoms with van der Waals surface area (Å²) in [6.07, 6.45) is 3.63. The Labute approximate surface area is 249 Å². The summed E-state index contributed by atoms with van der Waals surface area (Å²) in [7, 11) is 0. The first-order valence-electron chi connectivity index (χ1n) is 12.1. The van der Waals surface area contributed by atoms with Crippen molar-refractivity contribution < 1.29 is 13.9 Å². The van der Waals surface area contributed by atoms with Crippen LogP contribution in [0.3, 0.4) is 0 Å². The van der Waals surface area contributed by atoms with Crippen molar-refractivity contribution in [2.24, 2.45) is 4.99 Å². The Morgan fingerprint density at radius 2 is 2.00 bits per heavy atom. The number of rotatable bonds is 7. The van der Waals surface area contributed by atoms with Crippen molar-refractivity contribution in [1.82, 2.24) is 14.5 Å². The number of H-pyrrole nitrogens is 1. The molecule has 40 heavy (non-hydrogen) atoms. The van der Waals surface area contributed by atoms with Gasteiger partial charge >= 0.3 is 5.97 Å². The maximum Gasteiger partial charge on any atom is 0.338 e. The van der Waals surface area contributed by atoms with Crippen molar-refractivity contribution in [3.05, 3.63) is 99.2 Å². The number of fused-ring (bicyclic) bond motifs is 1. The average Bonchev–Trinajstić information content (AvgIpc) is 3.40. The Morgan fingerprint density at radius 3 is 2.67 bits per heavy atom. The SMILES string of the molecule is CCOC(=O)C1=C(C)N=c2s/c(=C/c3cc(Br)c(Sc4nc(C)cc(=O)[nH]4)o3)c(=O)n2[C@H]1c1ccc(SC)cc1. The second-order valence-electron chi connectivity index (χ2n) is 8.65. The van der Waals surface area contributed by atoms with Crippen molar-refractivity contribution in [1.29, 1.82) is 0 Å². The lowest BCUT2D eigenvalue weighted by Gasteiger charge is -2.24. The van der Waals surface area contributed by atoms with Gasteiger partial charge in [0.25, 0.3) is 11.1 Å². The molecule has 0 amide bonds. The Hall–Kier alpha value is -3.13. The first-order chi connectivity index (χ1) is 19.2. The predicted molar refractivity (Wildman–Crippen MR) is 159 cm³/mol. The van der Waals surface area contributed by atoms with Gasteiger partial charge in [-0.25, -0.2) is 14.8 Å². The van der Waals surface area contributed by atoms with Gasteiger partial charge in [-0.05, 0) is 78.5 Å². The standard InChI is InChI=1S/C27H23BrN4O5S3/c1-5-36-24(35)21-14(3)30-27-32(22(21)15-6-8-17(38-4)9-7-15)23(34)19(39-27)12-16-11-18(28)25(37-16)40-26-29-13(2)10-20(33)31-26/h6-12,22H,5H2,1-4H3,(H,29,31,33)/b19-12+/t22-/m0/s1. The van der Waals surface area contributed by atoms with Crippen molar-refractivity contribution >= 4 is 62.8 Å². The molecule has 0 saturated heterocycles. The van der Waals surface area contributed by atoms with Crippen LogP contribution in [-0.4, -0.2) is 33.4 Å². The van der Waals surface area contributed by atoms with Crippen LogP contribution in [0.2, 0.25) is 0 Å². The summed E-state index contributed by atoms with van der Waals surface area (Å²) in [5.41, 5.74) is 1.64. The molecule has 4 aromatic rings. The number of benzene rings is 1. The third kappa shape index (κ3) is 5.69. The van der Waals surface area contributed by atoms with E-state index in [0.29, 0.717) is 46.8 Å². The number of carbonyl (C=O) groups is 1. The normalized spacial score (nSPS) is 15.2. The smallest absolute Gasteiger partial charge is 0.338 e. The highest BCUT2D eigenvalue weighted by Gasteiger charge is 2.33. The van der Waals surface area contributed by atoms with E-state index in [4.69, 9.17) is 9.15 Å². The number of esters is 1. The molecular formula is C27H23BrN4O5S3. The van der Waals surface area contributed by atoms with E-state index in [0.717, 1.165) is 22.2 Å². The van der Waals surface area contributed by atoms with Gasteiger partial charge in [0.05, 0.1) is 32.9 Å². The van der Waals surface area contributed by atoms with Crippen LogP contribution in [0.1, 0.15) is 36.9 Å². The van der Waals surface area contributed by atoms with E-state index in [1.54, 1.807) is 49.2 Å². The van der Waals surface area contributed by atoms with Crippen LogP contribution < -0.4 is 20.5 Å². The van der Waals surface area contributed by atoms with Gasteiger partial charge in [0.15, 0.2) is 15.1 Å². The van der Waals surface area contributed by atoms with E-state index in [-0.39, 0.29) is 17.7 Å². The van der Waals surface area contributed by atoms with Crippen LogP contribution in [0.25, 0.3) is 6.08 Å². The first kappa shape index (κ1) is 28.4. The Kier molecular flexibility index (Phi) is 8.36. The molecule has 5 rings (SSSR count). The minimum absolute atomic E-state index is 0.206. The number of thioether (sulfide) groups is 1. The Morgan fingerprint density at radius 1 is 1.25 bits per heavy atom. The highest BCUT2D eigenvalue weighted by Crippen LogP contribution is 2.35. The zero-order valence-electron chi connectivity index (χ0n) is 21.8. The van der Waals surface area contributed by atoms with Crippen molar-refractivity contribution in [3.63, 3.8) is 0 Å². The number of allylic oxidation sites excluding steroid dienone is 1. The predicted octanol–water partition coefficient (Wildman–Crippen LogP) is 4.42. The fourth-order valence-corrected chi connectivity index (χ4v) is 7.02. The van der Waals surface area contributed by atoms with Crippen molar-refractivity contribution in [2.75, 3.05) is 12.9 Å². The quantitative estimate of drug-likeness (QED) is 0.176. The lowest BCUT2D eigenvalue weighted by Crippen LogP contribution is -2.39. The first-order valence-corrected chi connectivity index (χ1v) is 15.7. The lowest BCUT2D eigenvalue weighted by atomic mass is 9.96. The second-order valence-corrected chi connectivity index (χ2v) is 12.4. The van der Waals surface area contributed by atoms with Gasteiger partial charge in [0.1, 0.15) is 5.76 Å². The molecule has 1 atom stereocenters. The molecular weight excluding hydrogens is 636 g/mol. The minimum Gasteiger partial charge on any atom is -0.463 e. The van der Waals surface area contributed by atoms with Crippen LogP contribution in [0.5, 0.6) is 0 Å². The highest BCUT2D eigenvalue weighted by atomic mass is 79.9. The van der Waals surface area contributed by atoms with Gasteiger partial charge in [-0.2, -0.15) is 0 Å². The highest BCUT2D eigenvalue weighted by molar-refractivity contribution is 9.10. The van der Waals surface area contributed by atoms with Crippen LogP contribution in [0.4, 0.5) is 0 Å². The molecule has 13 heteroatoms. The number of hydrogen-bond acceptors (Lipinski definition) is 10. The van der Waals surface area contributed by atoms with Gasteiger partial charge in [-0.3, -0.25) is 14.2 Å². The van der Waals surface area contributed by atoms with E-state index in [1.165, 1.54) is 17.4 Å². The maximum atomic E-state index is 13.8. The van der Waals surface area contributed by atoms with Gasteiger partial charge in [0.2, 0.25) is 0 Å². The topological polar surface area (TPSA) is 120 Å². The molecule has 0 fully saturated rings. The molecule has 4 heterocycles. The number of aromatic nitrogens is 3. The zero-order valence-corrected chi connectivity index (χ0v) is 25.8. The molecule has 1 N–H and O–H groups in total. The van der Waals surface area contributed by atoms with Gasteiger partial charge in [-0.1, -0.05) is 23.5 Å². The molecule has 1 aliphatic rings. The molecule has 0 spiro atoms. The molecule has 1 aromatic carbocycles.